The molecular formula is C34H40P2. The monoisotopic (exact) mass is 510 g/mol. The Balaban J connectivity index is 2.04. The molecule has 0 unspecified atom stereocenters. The van der Waals surface area contributed by atoms with Crippen molar-refractivity contribution in [3.63, 3.8) is 0 Å². The van der Waals surface area contributed by atoms with E-state index in [0.717, 1.165) is 0 Å². The van der Waals surface area contributed by atoms with Crippen LogP contribution in [0.2, 0.25) is 0 Å². The summed E-state index contributed by atoms with van der Waals surface area (Å²) in [5.74, 6) is 0. The van der Waals surface area contributed by atoms with Crippen LogP contribution in [-0.2, 0) is 0 Å². The second-order valence-corrected chi connectivity index (χ2v) is 15.6. The molecule has 0 fully saturated rings. The largest absolute Gasteiger partial charge is 0.0613 e. The van der Waals surface area contributed by atoms with Gasteiger partial charge in [-0.3, -0.25) is 0 Å². The summed E-state index contributed by atoms with van der Waals surface area (Å²) in [4.78, 5) is 0. The Kier molecular flexibility index (Phi) is 8.19. The number of rotatable bonds is 6. The van der Waals surface area contributed by atoms with Crippen LogP contribution in [0.5, 0.6) is 0 Å². The molecule has 0 nitrogen and oxygen atoms in total. The zero-order valence-electron chi connectivity index (χ0n) is 23.4. The SMILES string of the molecule is Cc1cccc(P(c2cccc(C)c2C)C(C)P(c2cccc(C)c2C)c2cccc(C)c2C)c1C. The lowest BCUT2D eigenvalue weighted by Crippen LogP contribution is -2.30. The number of benzene rings is 4. The fourth-order valence-corrected chi connectivity index (χ4v) is 12.8. The maximum absolute atomic E-state index is 2.55. The average molecular weight is 511 g/mol. The Hall–Kier alpha value is -2.26. The van der Waals surface area contributed by atoms with Crippen LogP contribution in [0.15, 0.2) is 72.8 Å². The van der Waals surface area contributed by atoms with Crippen molar-refractivity contribution in [3.8, 4) is 0 Å². The van der Waals surface area contributed by atoms with E-state index in [1.54, 1.807) is 0 Å². The summed E-state index contributed by atoms with van der Waals surface area (Å²) in [7, 11) is -1.18. The zero-order valence-corrected chi connectivity index (χ0v) is 25.2. The Morgan fingerprint density at radius 3 is 0.833 bits per heavy atom. The van der Waals surface area contributed by atoms with Crippen molar-refractivity contribution >= 4 is 37.1 Å². The summed E-state index contributed by atoms with van der Waals surface area (Å²) in [6.07, 6.45) is 0. The third-order valence-corrected chi connectivity index (χ3v) is 15.0. The van der Waals surface area contributed by atoms with Crippen molar-refractivity contribution in [2.24, 2.45) is 0 Å². The second kappa shape index (κ2) is 11.0. The quantitative estimate of drug-likeness (QED) is 0.230. The highest BCUT2D eigenvalue weighted by Crippen LogP contribution is 2.57. The van der Waals surface area contributed by atoms with Crippen LogP contribution in [0.3, 0.4) is 0 Å². The van der Waals surface area contributed by atoms with Gasteiger partial charge in [0.25, 0.3) is 0 Å². The van der Waals surface area contributed by atoms with Crippen molar-refractivity contribution in [1.29, 1.82) is 0 Å². The van der Waals surface area contributed by atoms with Crippen LogP contribution < -0.4 is 21.2 Å². The van der Waals surface area contributed by atoms with Gasteiger partial charge in [-0.15, -0.1) is 0 Å². The van der Waals surface area contributed by atoms with Crippen molar-refractivity contribution < 1.29 is 0 Å². The molecule has 0 spiro atoms. The molecule has 4 rings (SSSR count). The second-order valence-electron chi connectivity index (χ2n) is 10.2. The Bertz CT molecular complexity index is 1190. The standard InChI is InChI=1S/C34H40P2/c1-22-14-10-18-31(26(22)5)35(32-19-11-15-23(2)27(32)6)30(9)36(33-20-12-16-24(3)28(33)7)34-21-13-17-25(4)29(34)8/h10-21,30H,1-9H3. The Morgan fingerprint density at radius 1 is 0.389 bits per heavy atom. The first-order chi connectivity index (χ1) is 17.1. The average Bonchev–Trinajstić information content (AvgIpc) is 2.85. The van der Waals surface area contributed by atoms with E-state index in [0.29, 0.717) is 5.40 Å². The molecule has 0 aliphatic rings. The highest BCUT2D eigenvalue weighted by molar-refractivity contribution is 7.89. The molecule has 0 aromatic heterocycles. The van der Waals surface area contributed by atoms with Gasteiger partial charge in [0.05, 0.1) is 0 Å². The predicted octanol–water partition coefficient (Wildman–Crippen LogP) is 8.07. The van der Waals surface area contributed by atoms with E-state index in [4.69, 9.17) is 0 Å². The van der Waals surface area contributed by atoms with Crippen LogP contribution >= 0.6 is 15.8 Å². The van der Waals surface area contributed by atoms with E-state index in [9.17, 15) is 0 Å². The molecule has 0 radical (unpaired) electrons. The summed E-state index contributed by atoms with van der Waals surface area (Å²) in [6, 6.07) is 27.8. The summed E-state index contributed by atoms with van der Waals surface area (Å²) in [6.45, 7) is 20.9. The van der Waals surface area contributed by atoms with Crippen LogP contribution in [0, 0.1) is 55.4 Å². The maximum atomic E-state index is 2.55. The van der Waals surface area contributed by atoms with Crippen molar-refractivity contribution in [3.05, 3.63) is 117 Å². The Morgan fingerprint density at radius 2 is 0.611 bits per heavy atom. The summed E-state index contributed by atoms with van der Waals surface area (Å²) >= 11 is 0. The lowest BCUT2D eigenvalue weighted by molar-refractivity contribution is 1.32. The minimum atomic E-state index is -0.588. The fourth-order valence-electron chi connectivity index (χ4n) is 5.17. The Labute approximate surface area is 221 Å². The molecule has 186 valence electrons. The van der Waals surface area contributed by atoms with Gasteiger partial charge in [-0.25, -0.2) is 0 Å². The van der Waals surface area contributed by atoms with Crippen molar-refractivity contribution in [2.45, 2.75) is 67.7 Å². The smallest absolute Gasteiger partial charge is 0.0127 e. The van der Waals surface area contributed by atoms with E-state index in [1.807, 2.05) is 0 Å². The maximum Gasteiger partial charge on any atom is 0.0127 e. The van der Waals surface area contributed by atoms with E-state index in [-0.39, 0.29) is 0 Å². The van der Waals surface area contributed by atoms with E-state index >= 15 is 0 Å². The van der Waals surface area contributed by atoms with E-state index < -0.39 is 15.8 Å². The molecule has 0 N–H and O–H groups in total. The van der Waals surface area contributed by atoms with Crippen LogP contribution in [0.1, 0.15) is 51.4 Å². The number of hydrogen-bond acceptors (Lipinski definition) is 0. The summed E-state index contributed by atoms with van der Waals surface area (Å²) < 4.78 is 0. The van der Waals surface area contributed by atoms with Gasteiger partial charge in [0.15, 0.2) is 0 Å². The third kappa shape index (κ3) is 4.96. The topological polar surface area (TPSA) is 0 Å². The van der Waals surface area contributed by atoms with E-state index in [2.05, 4.69) is 135 Å². The van der Waals surface area contributed by atoms with Gasteiger partial charge in [-0.2, -0.15) is 0 Å². The van der Waals surface area contributed by atoms with Gasteiger partial charge in [-0.1, -0.05) is 79.7 Å². The molecule has 0 aliphatic carbocycles. The predicted molar refractivity (Wildman–Crippen MR) is 166 cm³/mol. The first-order valence-corrected chi connectivity index (χ1v) is 15.8. The lowest BCUT2D eigenvalue weighted by Gasteiger charge is -2.37. The van der Waals surface area contributed by atoms with Gasteiger partial charge < -0.3 is 0 Å². The molecule has 0 saturated carbocycles. The summed E-state index contributed by atoms with van der Waals surface area (Å²) in [5, 5.41) is 6.63. The molecule has 0 heterocycles. The minimum Gasteiger partial charge on any atom is -0.0613 e. The van der Waals surface area contributed by atoms with Crippen molar-refractivity contribution in [2.75, 3.05) is 0 Å². The first kappa shape index (κ1) is 26.8. The molecule has 0 amide bonds. The van der Waals surface area contributed by atoms with Gasteiger partial charge >= 0.3 is 0 Å². The van der Waals surface area contributed by atoms with Gasteiger partial charge in [-0.05, 0) is 137 Å². The molecule has 4 aromatic rings. The third-order valence-electron chi connectivity index (χ3n) is 8.09. The van der Waals surface area contributed by atoms with Crippen LogP contribution in [-0.4, -0.2) is 5.40 Å². The highest BCUT2D eigenvalue weighted by atomic mass is 31.2. The number of aryl methyl sites for hydroxylation is 4. The van der Waals surface area contributed by atoms with Crippen molar-refractivity contribution in [1.82, 2.24) is 0 Å². The molecule has 0 aliphatic heterocycles. The lowest BCUT2D eigenvalue weighted by atomic mass is 10.1. The highest BCUT2D eigenvalue weighted by Gasteiger charge is 2.34. The molecule has 4 aromatic carbocycles. The molecule has 36 heavy (non-hydrogen) atoms. The zero-order chi connectivity index (χ0) is 26.1. The van der Waals surface area contributed by atoms with Gasteiger partial charge in [0, 0.05) is 5.40 Å². The van der Waals surface area contributed by atoms with Crippen LogP contribution in [0.4, 0.5) is 0 Å². The number of hydrogen-bond donors (Lipinski definition) is 0. The van der Waals surface area contributed by atoms with Gasteiger partial charge in [0.2, 0.25) is 0 Å². The van der Waals surface area contributed by atoms with Gasteiger partial charge in [0.1, 0.15) is 0 Å². The molecule has 0 saturated heterocycles. The molecule has 2 heteroatoms. The summed E-state index contributed by atoms with van der Waals surface area (Å²) in [5.41, 5.74) is 11.4. The fraction of sp³-hybridized carbons (Fsp3) is 0.294. The molecule has 0 bridgehead atoms. The first-order valence-electron chi connectivity index (χ1n) is 13.0. The molecule has 0 atom stereocenters. The molecular weight excluding hydrogens is 470 g/mol. The van der Waals surface area contributed by atoms with E-state index in [1.165, 1.54) is 65.7 Å². The minimum absolute atomic E-state index is 0.483. The van der Waals surface area contributed by atoms with Crippen LogP contribution in [0.25, 0.3) is 0 Å². The normalized spacial score (nSPS) is 11.7.